The second kappa shape index (κ2) is 4.49. The van der Waals surface area contributed by atoms with E-state index >= 15 is 0 Å². The second-order valence-electron chi connectivity index (χ2n) is 2.97. The molecule has 0 N–H and O–H groups in total. The van der Waals surface area contributed by atoms with Crippen molar-refractivity contribution in [2.24, 2.45) is 0 Å². The number of carbonyl (C=O) groups is 1. The van der Waals surface area contributed by atoms with Gasteiger partial charge in [-0.05, 0) is 6.92 Å². The van der Waals surface area contributed by atoms with Crippen molar-refractivity contribution in [1.29, 1.82) is 5.26 Å². The number of nitriles is 1. The van der Waals surface area contributed by atoms with Crippen molar-refractivity contribution in [2.45, 2.75) is 6.92 Å². The van der Waals surface area contributed by atoms with Gasteiger partial charge in [0.2, 0.25) is 5.82 Å². The van der Waals surface area contributed by atoms with E-state index in [-0.39, 0.29) is 24.1 Å². The number of aromatic nitrogens is 3. The van der Waals surface area contributed by atoms with Crippen LogP contribution in [0.5, 0.6) is 0 Å². The molecule has 0 saturated carbocycles. The van der Waals surface area contributed by atoms with E-state index in [1.807, 2.05) is 6.07 Å². The third-order valence-electron chi connectivity index (χ3n) is 1.92. The predicted octanol–water partition coefficient (Wildman–Crippen LogP) is 0.909. The first-order chi connectivity index (χ1) is 8.26. The number of oxazole rings is 1. The highest BCUT2D eigenvalue weighted by atomic mass is 16.5. The molecule has 7 heteroatoms. The van der Waals surface area contributed by atoms with Crippen molar-refractivity contribution in [3.63, 3.8) is 0 Å². The topological polar surface area (TPSA) is 93.9 Å². The van der Waals surface area contributed by atoms with Crippen LogP contribution in [0.15, 0.2) is 23.1 Å². The Hall–Kier alpha value is -2.62. The summed E-state index contributed by atoms with van der Waals surface area (Å²) in [4.78, 5) is 19.0. The molecule has 7 nitrogen and oxygen atoms in total. The summed E-state index contributed by atoms with van der Waals surface area (Å²) in [5, 5.41) is 8.77. The van der Waals surface area contributed by atoms with Gasteiger partial charge in [-0.15, -0.1) is 0 Å². The van der Waals surface area contributed by atoms with Gasteiger partial charge in [0.25, 0.3) is 0 Å². The molecule has 0 aliphatic heterocycles. The molecule has 0 amide bonds. The second-order valence-corrected chi connectivity index (χ2v) is 2.97. The van der Waals surface area contributed by atoms with Crippen LogP contribution in [0.4, 0.5) is 0 Å². The van der Waals surface area contributed by atoms with Gasteiger partial charge in [-0.2, -0.15) is 10.2 Å². The van der Waals surface area contributed by atoms with Gasteiger partial charge in [0.05, 0.1) is 6.61 Å². The monoisotopic (exact) mass is 232 g/mol. The normalized spacial score (nSPS) is 9.88. The van der Waals surface area contributed by atoms with E-state index in [0.717, 1.165) is 0 Å². The number of rotatable bonds is 3. The lowest BCUT2D eigenvalue weighted by molar-refractivity contribution is 0.0519. The van der Waals surface area contributed by atoms with Gasteiger partial charge in [-0.3, -0.25) is 0 Å². The van der Waals surface area contributed by atoms with Crippen molar-refractivity contribution in [3.8, 4) is 12.1 Å². The molecule has 0 atom stereocenters. The molecule has 0 unspecified atom stereocenters. The summed E-state index contributed by atoms with van der Waals surface area (Å²) < 4.78 is 11.2. The number of hydrogen-bond acceptors (Lipinski definition) is 6. The van der Waals surface area contributed by atoms with Gasteiger partial charge in [-0.1, -0.05) is 0 Å². The van der Waals surface area contributed by atoms with Crippen LogP contribution in [0.25, 0.3) is 6.01 Å². The van der Waals surface area contributed by atoms with Crippen molar-refractivity contribution >= 4 is 5.97 Å². The number of ether oxygens (including phenoxy) is 1. The number of esters is 1. The van der Waals surface area contributed by atoms with Crippen LogP contribution in [0.3, 0.4) is 0 Å². The van der Waals surface area contributed by atoms with E-state index in [0.29, 0.717) is 0 Å². The molecule has 0 aliphatic carbocycles. The van der Waals surface area contributed by atoms with Crippen molar-refractivity contribution in [1.82, 2.24) is 14.5 Å². The third kappa shape index (κ3) is 2.01. The highest BCUT2D eigenvalue weighted by Gasteiger charge is 2.15. The smallest absolute Gasteiger partial charge is 0.360 e. The Kier molecular flexibility index (Phi) is 2.87. The van der Waals surface area contributed by atoms with Gasteiger partial charge < -0.3 is 9.15 Å². The zero-order valence-electron chi connectivity index (χ0n) is 8.95. The summed E-state index contributed by atoms with van der Waals surface area (Å²) in [7, 11) is 0. The molecule has 0 spiro atoms. The van der Waals surface area contributed by atoms with Crippen LogP contribution < -0.4 is 0 Å². The SMILES string of the molecule is CCOC(=O)c1coc(-n2ccnc2C#N)n1. The predicted molar refractivity (Wildman–Crippen MR) is 54.3 cm³/mol. The van der Waals surface area contributed by atoms with Crippen LogP contribution in [0, 0.1) is 11.3 Å². The standard InChI is InChI=1S/C10H8N4O3/c1-2-16-9(15)7-6-17-10(13-7)14-4-3-12-8(14)5-11/h3-4,6H,2H2,1H3. The summed E-state index contributed by atoms with van der Waals surface area (Å²) >= 11 is 0. The minimum atomic E-state index is -0.568. The maximum atomic E-state index is 11.3. The molecule has 2 aromatic rings. The first-order valence-corrected chi connectivity index (χ1v) is 4.82. The Bertz CT molecular complexity index is 578. The molecule has 2 aromatic heterocycles. The van der Waals surface area contributed by atoms with Gasteiger partial charge in [-0.25, -0.2) is 14.3 Å². The highest BCUT2D eigenvalue weighted by molar-refractivity contribution is 5.86. The largest absolute Gasteiger partial charge is 0.461 e. The molecular weight excluding hydrogens is 224 g/mol. The molecule has 2 heterocycles. The van der Waals surface area contributed by atoms with Gasteiger partial charge >= 0.3 is 12.0 Å². The first-order valence-electron chi connectivity index (χ1n) is 4.82. The average Bonchev–Trinajstić information content (AvgIpc) is 2.97. The van der Waals surface area contributed by atoms with E-state index in [2.05, 4.69) is 9.97 Å². The lowest BCUT2D eigenvalue weighted by Crippen LogP contribution is -2.05. The van der Waals surface area contributed by atoms with Gasteiger partial charge in [0, 0.05) is 12.4 Å². The molecule has 17 heavy (non-hydrogen) atoms. The van der Waals surface area contributed by atoms with Crippen molar-refractivity contribution in [2.75, 3.05) is 6.61 Å². The summed E-state index contributed by atoms with van der Waals surface area (Å²) in [6.45, 7) is 1.96. The molecule has 0 aliphatic rings. The van der Waals surface area contributed by atoms with Crippen molar-refractivity contribution < 1.29 is 13.9 Å². The van der Waals surface area contributed by atoms with E-state index < -0.39 is 5.97 Å². The molecule has 2 rings (SSSR count). The van der Waals surface area contributed by atoms with Crippen LogP contribution in [0.2, 0.25) is 0 Å². The molecule has 86 valence electrons. The molecule has 0 fully saturated rings. The minimum Gasteiger partial charge on any atom is -0.461 e. The number of hydrogen-bond donors (Lipinski definition) is 0. The summed E-state index contributed by atoms with van der Waals surface area (Å²) in [5.74, 6) is -0.441. The van der Waals surface area contributed by atoms with Crippen molar-refractivity contribution in [3.05, 3.63) is 30.2 Å². The molecular formula is C10H8N4O3. The Labute approximate surface area is 96.3 Å². The van der Waals surface area contributed by atoms with Gasteiger partial charge in [0.15, 0.2) is 5.69 Å². The molecule has 0 aromatic carbocycles. The summed E-state index contributed by atoms with van der Waals surface area (Å²) in [6, 6.07) is 1.97. The maximum absolute atomic E-state index is 11.3. The average molecular weight is 232 g/mol. The lowest BCUT2D eigenvalue weighted by atomic mass is 10.5. The fourth-order valence-electron chi connectivity index (χ4n) is 1.21. The first kappa shape index (κ1) is 10.9. The van der Waals surface area contributed by atoms with Gasteiger partial charge in [0.1, 0.15) is 12.3 Å². The Morgan fingerprint density at radius 2 is 2.53 bits per heavy atom. The zero-order chi connectivity index (χ0) is 12.3. The molecule has 0 bridgehead atoms. The zero-order valence-corrected chi connectivity index (χ0v) is 8.95. The Morgan fingerprint density at radius 1 is 1.71 bits per heavy atom. The lowest BCUT2D eigenvalue weighted by Gasteiger charge is -1.96. The Balaban J connectivity index is 2.31. The van der Waals surface area contributed by atoms with E-state index in [1.54, 1.807) is 6.92 Å². The minimum absolute atomic E-state index is 0.0550. The Morgan fingerprint density at radius 3 is 3.24 bits per heavy atom. The fourth-order valence-corrected chi connectivity index (χ4v) is 1.21. The maximum Gasteiger partial charge on any atom is 0.360 e. The number of imidazole rings is 1. The summed E-state index contributed by atoms with van der Waals surface area (Å²) in [6.07, 6.45) is 4.13. The van der Waals surface area contributed by atoms with Crippen LogP contribution in [-0.4, -0.2) is 27.1 Å². The van der Waals surface area contributed by atoms with Crippen LogP contribution in [0.1, 0.15) is 23.2 Å². The molecule has 0 saturated heterocycles. The van der Waals surface area contributed by atoms with Crippen LogP contribution in [-0.2, 0) is 4.74 Å². The van der Waals surface area contributed by atoms with E-state index in [1.165, 1.54) is 23.2 Å². The highest BCUT2D eigenvalue weighted by Crippen LogP contribution is 2.10. The third-order valence-corrected chi connectivity index (χ3v) is 1.92. The summed E-state index contributed by atoms with van der Waals surface area (Å²) in [5.41, 5.74) is 0.0550. The van der Waals surface area contributed by atoms with E-state index in [4.69, 9.17) is 14.4 Å². The van der Waals surface area contributed by atoms with Crippen LogP contribution >= 0.6 is 0 Å². The van der Waals surface area contributed by atoms with E-state index in [9.17, 15) is 4.79 Å². The quantitative estimate of drug-likeness (QED) is 0.730. The fraction of sp³-hybridized carbons (Fsp3) is 0.200. The number of carbonyl (C=O) groups excluding carboxylic acids is 1. The molecule has 0 radical (unpaired) electrons. The number of nitrogens with zero attached hydrogens (tertiary/aromatic N) is 4.